The predicted molar refractivity (Wildman–Crippen MR) is 53.5 cm³/mol. The summed E-state index contributed by atoms with van der Waals surface area (Å²) in [4.78, 5) is 5.80. The number of aromatic nitrogens is 2. The van der Waals surface area contributed by atoms with Crippen molar-refractivity contribution < 1.29 is 13.2 Å². The van der Waals surface area contributed by atoms with Crippen LogP contribution in [-0.4, -0.2) is 9.97 Å². The minimum Gasteiger partial charge on any atom is -0.333 e. The van der Waals surface area contributed by atoms with Crippen LogP contribution in [0.1, 0.15) is 11.4 Å². The van der Waals surface area contributed by atoms with Crippen LogP contribution >= 0.6 is 15.9 Å². The van der Waals surface area contributed by atoms with Crippen molar-refractivity contribution in [2.45, 2.75) is 13.1 Å². The minimum absolute atomic E-state index is 0.344. The molecule has 0 unspecified atom stereocenters. The highest BCUT2D eigenvalue weighted by atomic mass is 79.9. The molecule has 0 aliphatic carbocycles. The third-order valence-electron chi connectivity index (χ3n) is 2.06. The highest BCUT2D eigenvalue weighted by molar-refractivity contribution is 9.10. The van der Waals surface area contributed by atoms with Crippen LogP contribution in [0.15, 0.2) is 16.6 Å². The first-order valence-electron chi connectivity index (χ1n) is 4.11. The first kappa shape index (κ1) is 10.5. The highest BCUT2D eigenvalue weighted by Gasteiger charge is 2.35. The SMILES string of the molecule is Cc1ccc(Br)c2[nH]c(C(F)(F)F)nc12. The number of aryl methyl sites for hydroxylation is 1. The van der Waals surface area contributed by atoms with Crippen LogP contribution in [0.25, 0.3) is 11.0 Å². The molecule has 0 amide bonds. The Balaban J connectivity index is 2.76. The Kier molecular flexibility index (Phi) is 2.26. The van der Waals surface area contributed by atoms with Crippen LogP contribution in [0.2, 0.25) is 0 Å². The monoisotopic (exact) mass is 278 g/mol. The van der Waals surface area contributed by atoms with E-state index < -0.39 is 12.0 Å². The summed E-state index contributed by atoms with van der Waals surface area (Å²) in [6.45, 7) is 1.72. The van der Waals surface area contributed by atoms with E-state index in [-0.39, 0.29) is 0 Å². The average Bonchev–Trinajstić information content (AvgIpc) is 2.56. The van der Waals surface area contributed by atoms with E-state index in [0.717, 1.165) is 0 Å². The quantitative estimate of drug-likeness (QED) is 0.783. The molecule has 0 aliphatic rings. The molecular formula is C9H6BrF3N2. The summed E-state index contributed by atoms with van der Waals surface area (Å²) in [7, 11) is 0. The van der Waals surface area contributed by atoms with E-state index >= 15 is 0 Å². The third kappa shape index (κ3) is 1.73. The van der Waals surface area contributed by atoms with Gasteiger partial charge < -0.3 is 4.98 Å². The van der Waals surface area contributed by atoms with Crippen molar-refractivity contribution in [2.24, 2.45) is 0 Å². The molecule has 0 saturated carbocycles. The van der Waals surface area contributed by atoms with Gasteiger partial charge in [-0.2, -0.15) is 13.2 Å². The Labute approximate surface area is 91.6 Å². The summed E-state index contributed by atoms with van der Waals surface area (Å²) in [5.74, 6) is -0.965. The van der Waals surface area contributed by atoms with Crippen LogP contribution < -0.4 is 0 Å². The summed E-state index contributed by atoms with van der Waals surface area (Å²) in [5, 5.41) is 0. The number of fused-ring (bicyclic) bond motifs is 1. The zero-order valence-corrected chi connectivity index (χ0v) is 9.20. The number of H-pyrrole nitrogens is 1. The van der Waals surface area contributed by atoms with Gasteiger partial charge in [-0.05, 0) is 34.5 Å². The lowest BCUT2D eigenvalue weighted by molar-refractivity contribution is -0.144. The lowest BCUT2D eigenvalue weighted by Crippen LogP contribution is -2.06. The Hall–Kier alpha value is -1.04. The van der Waals surface area contributed by atoms with Crippen LogP contribution in [0.5, 0.6) is 0 Å². The Morgan fingerprint density at radius 1 is 1.33 bits per heavy atom. The maximum absolute atomic E-state index is 12.4. The maximum atomic E-state index is 12.4. The highest BCUT2D eigenvalue weighted by Crippen LogP contribution is 2.31. The summed E-state index contributed by atoms with van der Waals surface area (Å²) in [5.41, 5.74) is 1.43. The fourth-order valence-electron chi connectivity index (χ4n) is 1.33. The van der Waals surface area contributed by atoms with Crippen molar-refractivity contribution in [3.63, 3.8) is 0 Å². The van der Waals surface area contributed by atoms with Gasteiger partial charge in [-0.25, -0.2) is 4.98 Å². The molecule has 0 saturated heterocycles. The second kappa shape index (κ2) is 3.23. The number of nitrogens with one attached hydrogen (secondary N) is 1. The van der Waals surface area contributed by atoms with Gasteiger partial charge in [-0.15, -0.1) is 0 Å². The second-order valence-corrected chi connectivity index (χ2v) is 4.03. The van der Waals surface area contributed by atoms with Gasteiger partial charge in [-0.3, -0.25) is 0 Å². The van der Waals surface area contributed by atoms with Gasteiger partial charge in [0.05, 0.1) is 11.0 Å². The lowest BCUT2D eigenvalue weighted by Gasteiger charge is -1.99. The molecule has 2 rings (SSSR count). The first-order valence-corrected chi connectivity index (χ1v) is 4.91. The zero-order valence-electron chi connectivity index (χ0n) is 7.61. The molecule has 0 radical (unpaired) electrons. The topological polar surface area (TPSA) is 28.7 Å². The second-order valence-electron chi connectivity index (χ2n) is 3.17. The van der Waals surface area contributed by atoms with Gasteiger partial charge in [0, 0.05) is 4.47 Å². The standard InChI is InChI=1S/C9H6BrF3N2/c1-4-2-3-5(10)7-6(4)14-8(15-7)9(11,12)13/h2-3H,1H3,(H,14,15). The van der Waals surface area contributed by atoms with Crippen LogP contribution in [0.3, 0.4) is 0 Å². The van der Waals surface area contributed by atoms with E-state index in [0.29, 0.717) is 21.1 Å². The van der Waals surface area contributed by atoms with Gasteiger partial charge in [0.25, 0.3) is 0 Å². The molecule has 15 heavy (non-hydrogen) atoms. The van der Waals surface area contributed by atoms with Gasteiger partial charge >= 0.3 is 6.18 Å². The van der Waals surface area contributed by atoms with Gasteiger partial charge in [0.1, 0.15) is 0 Å². The molecular weight excluding hydrogens is 273 g/mol. The van der Waals surface area contributed by atoms with Crippen molar-refractivity contribution in [3.05, 3.63) is 28.0 Å². The number of alkyl halides is 3. The molecule has 1 N–H and O–H groups in total. The summed E-state index contributed by atoms with van der Waals surface area (Å²) in [6.07, 6.45) is -4.44. The van der Waals surface area contributed by atoms with E-state index in [1.165, 1.54) is 0 Å². The van der Waals surface area contributed by atoms with Crippen molar-refractivity contribution in [1.29, 1.82) is 0 Å². The van der Waals surface area contributed by atoms with Crippen LogP contribution in [0, 0.1) is 6.92 Å². The third-order valence-corrected chi connectivity index (χ3v) is 2.73. The van der Waals surface area contributed by atoms with E-state index in [2.05, 4.69) is 25.9 Å². The normalized spacial score (nSPS) is 12.3. The molecule has 2 aromatic rings. The van der Waals surface area contributed by atoms with E-state index in [1.54, 1.807) is 19.1 Å². The molecule has 80 valence electrons. The number of benzene rings is 1. The molecule has 1 aromatic carbocycles. The van der Waals surface area contributed by atoms with Crippen molar-refractivity contribution >= 4 is 27.0 Å². The minimum atomic E-state index is -4.44. The van der Waals surface area contributed by atoms with Crippen molar-refractivity contribution in [3.8, 4) is 0 Å². The van der Waals surface area contributed by atoms with Crippen molar-refractivity contribution in [2.75, 3.05) is 0 Å². The molecule has 6 heteroatoms. The van der Waals surface area contributed by atoms with Gasteiger partial charge in [0.15, 0.2) is 0 Å². The number of aromatic amines is 1. The number of nitrogens with zero attached hydrogens (tertiary/aromatic N) is 1. The molecule has 0 fully saturated rings. The number of halogens is 4. The number of hydrogen-bond donors (Lipinski definition) is 1. The smallest absolute Gasteiger partial charge is 0.333 e. The zero-order chi connectivity index (χ0) is 11.2. The van der Waals surface area contributed by atoms with Gasteiger partial charge in [-0.1, -0.05) is 6.07 Å². The van der Waals surface area contributed by atoms with E-state index in [4.69, 9.17) is 0 Å². The molecule has 1 aromatic heterocycles. The predicted octanol–water partition coefficient (Wildman–Crippen LogP) is 3.65. The van der Waals surface area contributed by atoms with Crippen LogP contribution in [0.4, 0.5) is 13.2 Å². The van der Waals surface area contributed by atoms with Crippen molar-refractivity contribution in [1.82, 2.24) is 9.97 Å². The van der Waals surface area contributed by atoms with E-state index in [1.807, 2.05) is 0 Å². The summed E-state index contributed by atoms with van der Waals surface area (Å²) in [6, 6.07) is 3.41. The largest absolute Gasteiger partial charge is 0.449 e. The fourth-order valence-corrected chi connectivity index (χ4v) is 1.75. The Morgan fingerprint density at radius 3 is 2.53 bits per heavy atom. The summed E-state index contributed by atoms with van der Waals surface area (Å²) < 4.78 is 37.7. The molecule has 0 atom stereocenters. The Bertz CT molecular complexity index is 477. The number of hydrogen-bond acceptors (Lipinski definition) is 1. The molecule has 0 aliphatic heterocycles. The number of imidazole rings is 1. The fraction of sp³-hybridized carbons (Fsp3) is 0.222. The number of rotatable bonds is 0. The van der Waals surface area contributed by atoms with Gasteiger partial charge in [0.2, 0.25) is 5.82 Å². The van der Waals surface area contributed by atoms with Crippen LogP contribution in [-0.2, 0) is 6.18 Å². The van der Waals surface area contributed by atoms with E-state index in [9.17, 15) is 13.2 Å². The first-order chi connectivity index (χ1) is 6.89. The lowest BCUT2D eigenvalue weighted by atomic mass is 10.2. The summed E-state index contributed by atoms with van der Waals surface area (Å²) >= 11 is 3.17. The average molecular weight is 279 g/mol. The molecule has 0 spiro atoms. The molecule has 1 heterocycles. The maximum Gasteiger partial charge on any atom is 0.449 e. The molecule has 0 bridgehead atoms. The molecule has 2 nitrogen and oxygen atoms in total. The Morgan fingerprint density at radius 2 is 2.00 bits per heavy atom.